The van der Waals surface area contributed by atoms with E-state index in [1.807, 2.05) is 0 Å². The predicted octanol–water partition coefficient (Wildman–Crippen LogP) is 14.4. The van der Waals surface area contributed by atoms with Gasteiger partial charge in [0.25, 0.3) is 0 Å². The van der Waals surface area contributed by atoms with E-state index < -0.39 is 9.84 Å². The number of carbonyl (C=O) groups excluding carboxylic acids is 2. The normalized spacial score (nSPS) is 11.7. The van der Waals surface area contributed by atoms with Gasteiger partial charge < -0.3 is 18.9 Å². The molecule has 0 aromatic heterocycles. The first-order chi connectivity index (χ1) is 29.9. The van der Waals surface area contributed by atoms with E-state index in [9.17, 15) is 18.0 Å². The van der Waals surface area contributed by atoms with Gasteiger partial charge in [-0.3, -0.25) is 9.59 Å². The number of hydrogen-bond acceptors (Lipinski definition) is 8. The highest BCUT2D eigenvalue weighted by atomic mass is 32.2. The van der Waals surface area contributed by atoms with Crippen molar-refractivity contribution in [3.8, 4) is 11.5 Å². The van der Waals surface area contributed by atoms with Crippen LogP contribution in [0.15, 0.2) is 82.6 Å². The zero-order valence-electron chi connectivity index (χ0n) is 38.2. The van der Waals surface area contributed by atoms with Gasteiger partial charge in [-0.15, -0.1) is 0 Å². The molecule has 0 bridgehead atoms. The summed E-state index contributed by atoms with van der Waals surface area (Å²) in [6, 6.07) is 12.4. The summed E-state index contributed by atoms with van der Waals surface area (Å²) in [5.74, 6) is 0.553. The van der Waals surface area contributed by atoms with Crippen molar-refractivity contribution >= 4 is 21.8 Å². The van der Waals surface area contributed by atoms with Crippen LogP contribution in [-0.4, -0.2) is 46.8 Å². The molecule has 344 valence electrons. The van der Waals surface area contributed by atoms with Crippen LogP contribution in [0.3, 0.4) is 0 Å². The lowest BCUT2D eigenvalue weighted by Crippen LogP contribution is -2.12. The molecule has 0 N–H and O–H groups in total. The maximum absolute atomic E-state index is 13.2. The van der Waals surface area contributed by atoms with Crippen molar-refractivity contribution in [2.75, 3.05) is 26.4 Å². The number of allylic oxidation sites excluding steroid dienone is 4. The Morgan fingerprint density at radius 2 is 0.705 bits per heavy atom. The van der Waals surface area contributed by atoms with E-state index in [4.69, 9.17) is 18.9 Å². The van der Waals surface area contributed by atoms with Crippen molar-refractivity contribution < 1.29 is 37.0 Å². The number of ether oxygens (including phenoxy) is 4. The Morgan fingerprint density at radius 3 is 1.03 bits per heavy atom. The lowest BCUT2D eigenvalue weighted by atomic mass is 10.1. The van der Waals surface area contributed by atoms with E-state index in [1.54, 1.807) is 24.3 Å². The van der Waals surface area contributed by atoms with Crippen molar-refractivity contribution in [2.24, 2.45) is 0 Å². The summed E-state index contributed by atoms with van der Waals surface area (Å²) in [6.07, 6.45) is 41.6. The number of esters is 2. The maximum Gasteiger partial charge on any atom is 0.305 e. The third-order valence-electron chi connectivity index (χ3n) is 10.8. The lowest BCUT2D eigenvalue weighted by Gasteiger charge is -2.10. The Balaban J connectivity index is 1.48. The van der Waals surface area contributed by atoms with E-state index >= 15 is 0 Å². The summed E-state index contributed by atoms with van der Waals surface area (Å²) in [5.41, 5.74) is 0. The Kier molecular flexibility index (Phi) is 32.5. The molecular formula is C52H82O8S. The fraction of sp³-hybridized carbons (Fsp3) is 0.654. The highest BCUT2D eigenvalue weighted by Crippen LogP contribution is 2.25. The van der Waals surface area contributed by atoms with Crippen LogP contribution in [0.1, 0.15) is 194 Å². The van der Waals surface area contributed by atoms with Crippen LogP contribution < -0.4 is 9.47 Å². The highest BCUT2D eigenvalue weighted by Gasteiger charge is 2.18. The molecular weight excluding hydrogens is 785 g/mol. The quantitative estimate of drug-likeness (QED) is 0.0370. The van der Waals surface area contributed by atoms with Crippen molar-refractivity contribution in [3.63, 3.8) is 0 Å². The van der Waals surface area contributed by atoms with Crippen molar-refractivity contribution in [3.05, 3.63) is 72.8 Å². The van der Waals surface area contributed by atoms with Gasteiger partial charge >= 0.3 is 11.9 Å². The van der Waals surface area contributed by atoms with Gasteiger partial charge in [0.2, 0.25) is 9.84 Å². The van der Waals surface area contributed by atoms with Gasteiger partial charge in [0.15, 0.2) is 0 Å². The number of carbonyl (C=O) groups is 2. The van der Waals surface area contributed by atoms with E-state index in [0.717, 1.165) is 38.5 Å². The van der Waals surface area contributed by atoms with Crippen molar-refractivity contribution in [2.45, 2.75) is 203 Å². The molecule has 0 saturated heterocycles. The summed E-state index contributed by atoms with van der Waals surface area (Å²) in [6.45, 7) is 5.14. The molecule has 0 spiro atoms. The lowest BCUT2D eigenvalue weighted by molar-refractivity contribution is -0.145. The predicted molar refractivity (Wildman–Crippen MR) is 250 cm³/mol. The van der Waals surface area contributed by atoms with Crippen LogP contribution in [0.2, 0.25) is 0 Å². The molecule has 0 aliphatic heterocycles. The second-order valence-corrected chi connectivity index (χ2v) is 18.2. The fourth-order valence-corrected chi connectivity index (χ4v) is 8.28. The Labute approximate surface area is 371 Å². The van der Waals surface area contributed by atoms with Gasteiger partial charge in [0.1, 0.15) is 37.9 Å². The average Bonchev–Trinajstić information content (AvgIpc) is 3.27. The third-order valence-corrected chi connectivity index (χ3v) is 12.6. The molecule has 61 heavy (non-hydrogen) atoms. The second-order valence-electron chi connectivity index (χ2n) is 16.3. The van der Waals surface area contributed by atoms with E-state index in [0.29, 0.717) is 24.3 Å². The van der Waals surface area contributed by atoms with E-state index in [1.165, 1.54) is 153 Å². The summed E-state index contributed by atoms with van der Waals surface area (Å²) in [4.78, 5) is 24.5. The van der Waals surface area contributed by atoms with Crippen LogP contribution in [-0.2, 0) is 28.9 Å². The smallest absolute Gasteiger partial charge is 0.305 e. The van der Waals surface area contributed by atoms with Gasteiger partial charge in [-0.25, -0.2) is 8.42 Å². The van der Waals surface area contributed by atoms with Crippen LogP contribution in [0.5, 0.6) is 11.5 Å². The van der Waals surface area contributed by atoms with Crippen LogP contribution >= 0.6 is 0 Å². The van der Waals surface area contributed by atoms with Gasteiger partial charge in [0, 0.05) is 12.8 Å². The summed E-state index contributed by atoms with van der Waals surface area (Å²) >= 11 is 0. The van der Waals surface area contributed by atoms with Gasteiger partial charge in [-0.05, 0) is 113 Å². The molecule has 0 unspecified atom stereocenters. The van der Waals surface area contributed by atoms with E-state index in [-0.39, 0.29) is 48.2 Å². The Morgan fingerprint density at radius 1 is 0.410 bits per heavy atom. The molecule has 0 aliphatic carbocycles. The van der Waals surface area contributed by atoms with Gasteiger partial charge in [-0.2, -0.15) is 0 Å². The molecule has 2 aromatic carbocycles. The van der Waals surface area contributed by atoms with E-state index in [2.05, 4.69) is 38.2 Å². The Hall–Kier alpha value is -3.59. The van der Waals surface area contributed by atoms with Crippen LogP contribution in [0.25, 0.3) is 0 Å². The average molecular weight is 867 g/mol. The first kappa shape index (κ1) is 53.5. The molecule has 8 nitrogen and oxygen atoms in total. The number of sulfone groups is 1. The fourth-order valence-electron chi connectivity index (χ4n) is 7.02. The van der Waals surface area contributed by atoms with Crippen molar-refractivity contribution in [1.82, 2.24) is 0 Å². The molecule has 0 atom stereocenters. The molecule has 0 aliphatic rings. The third kappa shape index (κ3) is 28.6. The maximum atomic E-state index is 13.2. The number of unbranched alkanes of at least 4 members (excludes halogenated alkanes) is 22. The summed E-state index contributed by atoms with van der Waals surface area (Å²) in [7, 11) is -3.75. The molecule has 0 fully saturated rings. The molecule has 9 heteroatoms. The topological polar surface area (TPSA) is 105 Å². The largest absolute Gasteiger partial charge is 0.490 e. The van der Waals surface area contributed by atoms with Crippen molar-refractivity contribution in [1.29, 1.82) is 0 Å². The second kappa shape index (κ2) is 37.0. The molecule has 0 radical (unpaired) electrons. The Bertz CT molecular complexity index is 1420. The molecule has 0 heterocycles. The summed E-state index contributed by atoms with van der Waals surface area (Å²) < 4.78 is 48.4. The molecule has 0 saturated carbocycles. The highest BCUT2D eigenvalue weighted by molar-refractivity contribution is 7.91. The minimum absolute atomic E-state index is 0.139. The number of hydrogen-bond donors (Lipinski definition) is 0. The standard InChI is InChI=1S/C52H82O8S/c1-3-5-7-9-11-13-15-17-19-21-23-25-27-29-31-33-51(53)59-45-43-57-47-35-39-49(40-36-47)61(55,56)50-41-37-48(38-42-50)58-44-46-60-52(54)34-32-30-28-26-24-22-20-18-16-14-12-10-8-6-4-2/h11-14,35-42H,3-10,15-34,43-46H2,1-2H3/b13-11+,14-12+. The first-order valence-corrected chi connectivity index (χ1v) is 25.7. The molecule has 2 aromatic rings. The minimum atomic E-state index is -3.75. The van der Waals surface area contributed by atoms with Crippen LogP contribution in [0, 0.1) is 0 Å². The zero-order chi connectivity index (χ0) is 43.9. The molecule has 2 rings (SSSR count). The number of rotatable bonds is 40. The summed E-state index contributed by atoms with van der Waals surface area (Å²) in [5, 5.41) is 0. The monoisotopic (exact) mass is 867 g/mol. The first-order valence-electron chi connectivity index (χ1n) is 24.2. The van der Waals surface area contributed by atoms with Gasteiger partial charge in [0.05, 0.1) is 9.79 Å². The number of benzene rings is 2. The minimum Gasteiger partial charge on any atom is -0.490 e. The zero-order valence-corrected chi connectivity index (χ0v) is 39.0. The van der Waals surface area contributed by atoms with Crippen LogP contribution in [0.4, 0.5) is 0 Å². The SMILES string of the molecule is CCCCC/C=C/CCCCCCCCCCC(=O)OCCOc1ccc(S(=O)(=O)c2ccc(OCCOC(=O)CCCCCCCCCC/C=C/CCCCC)cc2)cc1. The molecule has 0 amide bonds. The van der Waals surface area contributed by atoms with Gasteiger partial charge in [-0.1, -0.05) is 141 Å².